The van der Waals surface area contributed by atoms with Crippen LogP contribution in [0.3, 0.4) is 0 Å². The highest BCUT2D eigenvalue weighted by molar-refractivity contribution is 5.83. The molecule has 0 aliphatic heterocycles. The van der Waals surface area contributed by atoms with Crippen LogP contribution < -0.4 is 10.1 Å². The van der Waals surface area contributed by atoms with Gasteiger partial charge in [0.2, 0.25) is 5.91 Å². The smallest absolute Gasteiger partial charge is 0.311 e. The zero-order valence-electron chi connectivity index (χ0n) is 16.3. The van der Waals surface area contributed by atoms with Crippen LogP contribution in [0.25, 0.3) is 0 Å². The molecular weight excluding hydrogens is 338 g/mol. The topological polar surface area (TPSA) is 55.4 Å². The quantitative estimate of drug-likeness (QED) is 0.444. The summed E-state index contributed by atoms with van der Waals surface area (Å²) in [5.41, 5.74) is 1.12. The molecule has 0 unspecified atom stereocenters. The van der Waals surface area contributed by atoms with Gasteiger partial charge in [-0.05, 0) is 86.8 Å². The molecule has 0 radical (unpaired) electrons. The van der Waals surface area contributed by atoms with E-state index in [1.807, 2.05) is 24.3 Å². The lowest BCUT2D eigenvalue weighted by atomic mass is 9.49. The average molecular weight is 370 g/mol. The Bertz CT molecular complexity index is 659. The first-order valence-electron chi connectivity index (χ1n) is 10.6. The van der Waals surface area contributed by atoms with Gasteiger partial charge in [-0.2, -0.15) is 0 Å². The molecule has 1 aromatic rings. The summed E-state index contributed by atoms with van der Waals surface area (Å²) in [6, 6.07) is 7.64. The molecule has 0 aromatic heterocycles. The maximum atomic E-state index is 12.9. The van der Waals surface area contributed by atoms with Crippen molar-refractivity contribution in [3.63, 3.8) is 0 Å². The molecule has 4 saturated carbocycles. The van der Waals surface area contributed by atoms with Gasteiger partial charge < -0.3 is 10.1 Å². The first-order chi connectivity index (χ1) is 13.1. The number of esters is 1. The Kier molecular flexibility index (Phi) is 5.25. The Balaban J connectivity index is 1.19. The molecule has 0 heterocycles. The van der Waals surface area contributed by atoms with Gasteiger partial charge in [0.25, 0.3) is 0 Å². The summed E-state index contributed by atoms with van der Waals surface area (Å²) in [6.07, 6.45) is 9.22. The minimum atomic E-state index is -0.233. The first kappa shape index (κ1) is 18.5. The van der Waals surface area contributed by atoms with Crippen molar-refractivity contribution in [2.75, 3.05) is 6.54 Å². The van der Waals surface area contributed by atoms with Crippen molar-refractivity contribution in [3.05, 3.63) is 29.8 Å². The molecule has 1 aromatic carbocycles. The SMILES string of the molecule is CCc1ccc(OC(=O)CCCNC(=O)C23CC4CC(CC(C4)C2)C3)cc1. The van der Waals surface area contributed by atoms with Gasteiger partial charge in [-0.1, -0.05) is 19.1 Å². The summed E-state index contributed by atoms with van der Waals surface area (Å²) in [5.74, 6) is 2.92. The summed E-state index contributed by atoms with van der Waals surface area (Å²) < 4.78 is 5.37. The number of hydrogen-bond donors (Lipinski definition) is 1. The summed E-state index contributed by atoms with van der Waals surface area (Å²) in [5, 5.41) is 3.13. The van der Waals surface area contributed by atoms with Crippen LogP contribution in [-0.2, 0) is 16.0 Å². The number of hydrogen-bond acceptors (Lipinski definition) is 3. The van der Waals surface area contributed by atoms with Gasteiger partial charge >= 0.3 is 5.97 Å². The average Bonchev–Trinajstić information content (AvgIpc) is 2.64. The van der Waals surface area contributed by atoms with Crippen molar-refractivity contribution in [3.8, 4) is 5.75 Å². The van der Waals surface area contributed by atoms with E-state index in [0.717, 1.165) is 43.4 Å². The van der Waals surface area contributed by atoms with Gasteiger partial charge in [-0.3, -0.25) is 9.59 Å². The van der Waals surface area contributed by atoms with Gasteiger partial charge in [0.05, 0.1) is 0 Å². The predicted molar refractivity (Wildman–Crippen MR) is 104 cm³/mol. The Hall–Kier alpha value is -1.84. The molecule has 4 aliphatic rings. The third-order valence-electron chi connectivity index (χ3n) is 6.93. The van der Waals surface area contributed by atoms with Crippen molar-refractivity contribution >= 4 is 11.9 Å². The maximum Gasteiger partial charge on any atom is 0.311 e. The Morgan fingerprint density at radius 1 is 1.04 bits per heavy atom. The van der Waals surface area contributed by atoms with Crippen LogP contribution in [0, 0.1) is 23.2 Å². The second kappa shape index (κ2) is 7.65. The zero-order valence-corrected chi connectivity index (χ0v) is 16.3. The van der Waals surface area contributed by atoms with Crippen LogP contribution in [0.5, 0.6) is 5.75 Å². The number of ether oxygens (including phenoxy) is 1. The second-order valence-corrected chi connectivity index (χ2v) is 9.03. The van der Waals surface area contributed by atoms with Gasteiger partial charge in [-0.15, -0.1) is 0 Å². The molecule has 4 heteroatoms. The number of aryl methyl sites for hydroxylation is 1. The first-order valence-corrected chi connectivity index (χ1v) is 10.6. The van der Waals surface area contributed by atoms with Crippen molar-refractivity contribution in [1.82, 2.24) is 5.32 Å². The highest BCUT2D eigenvalue weighted by Gasteiger charge is 2.54. The largest absolute Gasteiger partial charge is 0.427 e. The number of benzene rings is 1. The zero-order chi connectivity index (χ0) is 18.9. The van der Waals surface area contributed by atoms with E-state index in [1.54, 1.807) is 0 Å². The van der Waals surface area contributed by atoms with E-state index in [1.165, 1.54) is 24.8 Å². The van der Waals surface area contributed by atoms with Crippen molar-refractivity contribution in [1.29, 1.82) is 0 Å². The minimum Gasteiger partial charge on any atom is -0.427 e. The molecule has 5 rings (SSSR count). The van der Waals surface area contributed by atoms with Crippen molar-refractivity contribution in [2.45, 2.75) is 64.7 Å². The number of nitrogens with one attached hydrogen (secondary N) is 1. The van der Waals surface area contributed by atoms with Crippen LogP contribution >= 0.6 is 0 Å². The molecule has 0 spiro atoms. The number of rotatable bonds is 7. The fraction of sp³-hybridized carbons (Fsp3) is 0.652. The number of carbonyl (C=O) groups excluding carboxylic acids is 2. The molecule has 4 bridgehead atoms. The summed E-state index contributed by atoms with van der Waals surface area (Å²) in [6.45, 7) is 2.66. The van der Waals surface area contributed by atoms with Crippen LogP contribution in [0.15, 0.2) is 24.3 Å². The fourth-order valence-electron chi connectivity index (χ4n) is 5.99. The second-order valence-electron chi connectivity index (χ2n) is 9.03. The third-order valence-corrected chi connectivity index (χ3v) is 6.93. The lowest BCUT2D eigenvalue weighted by Gasteiger charge is -2.55. The van der Waals surface area contributed by atoms with Crippen molar-refractivity contribution in [2.24, 2.45) is 23.2 Å². The summed E-state index contributed by atoms with van der Waals surface area (Å²) in [4.78, 5) is 24.9. The van der Waals surface area contributed by atoms with Gasteiger partial charge in [0.15, 0.2) is 0 Å². The molecule has 0 atom stereocenters. The van der Waals surface area contributed by atoms with Gasteiger partial charge in [-0.25, -0.2) is 0 Å². The molecule has 27 heavy (non-hydrogen) atoms. The lowest BCUT2D eigenvalue weighted by molar-refractivity contribution is -0.146. The normalized spacial score (nSPS) is 30.9. The van der Waals surface area contributed by atoms with Crippen LogP contribution in [0.2, 0.25) is 0 Å². The van der Waals surface area contributed by atoms with Crippen molar-refractivity contribution < 1.29 is 14.3 Å². The lowest BCUT2D eigenvalue weighted by Crippen LogP contribution is -2.53. The van der Waals surface area contributed by atoms with E-state index in [2.05, 4.69) is 12.2 Å². The van der Waals surface area contributed by atoms with Crippen LogP contribution in [0.4, 0.5) is 0 Å². The standard InChI is InChI=1S/C23H31NO3/c1-2-16-5-7-20(8-6-16)27-21(25)4-3-9-24-22(26)23-13-17-10-18(14-23)12-19(11-17)15-23/h5-8,17-19H,2-4,9-15H2,1H3,(H,24,26). The van der Waals surface area contributed by atoms with Crippen LogP contribution in [-0.4, -0.2) is 18.4 Å². The summed E-state index contributed by atoms with van der Waals surface area (Å²) >= 11 is 0. The molecule has 1 N–H and O–H groups in total. The van der Waals surface area contributed by atoms with Gasteiger partial charge in [0, 0.05) is 18.4 Å². The highest BCUT2D eigenvalue weighted by atomic mass is 16.5. The third kappa shape index (κ3) is 4.04. The summed E-state index contributed by atoms with van der Waals surface area (Å²) in [7, 11) is 0. The molecule has 1 amide bonds. The molecule has 4 nitrogen and oxygen atoms in total. The minimum absolute atomic E-state index is 0.101. The molecule has 146 valence electrons. The number of carbonyl (C=O) groups is 2. The van der Waals surface area contributed by atoms with E-state index in [0.29, 0.717) is 25.1 Å². The fourth-order valence-corrected chi connectivity index (χ4v) is 5.99. The Morgan fingerprint density at radius 2 is 1.63 bits per heavy atom. The van der Waals surface area contributed by atoms with E-state index >= 15 is 0 Å². The predicted octanol–water partition coefficient (Wildman–Crippen LogP) is 4.27. The van der Waals surface area contributed by atoms with Gasteiger partial charge in [0.1, 0.15) is 5.75 Å². The molecule has 4 fully saturated rings. The van der Waals surface area contributed by atoms with E-state index in [4.69, 9.17) is 4.74 Å². The van der Waals surface area contributed by atoms with E-state index < -0.39 is 0 Å². The highest BCUT2D eigenvalue weighted by Crippen LogP contribution is 2.60. The van der Waals surface area contributed by atoms with E-state index in [9.17, 15) is 9.59 Å². The molecular formula is C23H31NO3. The molecule has 4 aliphatic carbocycles. The van der Waals surface area contributed by atoms with E-state index in [-0.39, 0.29) is 17.3 Å². The number of amides is 1. The molecule has 0 saturated heterocycles. The Morgan fingerprint density at radius 3 is 2.19 bits per heavy atom. The Labute approximate surface area is 162 Å². The monoisotopic (exact) mass is 369 g/mol. The van der Waals surface area contributed by atoms with Crippen LogP contribution in [0.1, 0.15) is 63.9 Å². The maximum absolute atomic E-state index is 12.9.